The molecule has 0 atom stereocenters. The lowest BCUT2D eigenvalue weighted by Gasteiger charge is -2.29. The van der Waals surface area contributed by atoms with Crippen LogP contribution in [0.15, 0.2) is 34.2 Å². The highest BCUT2D eigenvalue weighted by Crippen LogP contribution is 2.38. The lowest BCUT2D eigenvalue weighted by Crippen LogP contribution is -2.32. The van der Waals surface area contributed by atoms with E-state index < -0.39 is 0 Å². The van der Waals surface area contributed by atoms with Crippen LogP contribution in [-0.2, 0) is 27.3 Å². The summed E-state index contributed by atoms with van der Waals surface area (Å²) < 4.78 is 17.5. The zero-order valence-electron chi connectivity index (χ0n) is 17.2. The minimum atomic E-state index is -0.378. The van der Waals surface area contributed by atoms with Gasteiger partial charge in [-0.3, -0.25) is 14.2 Å². The van der Waals surface area contributed by atoms with E-state index in [1.165, 1.54) is 30.2 Å². The molecule has 0 saturated carbocycles. The number of thioether (sulfide) groups is 1. The van der Waals surface area contributed by atoms with E-state index in [0.29, 0.717) is 39.8 Å². The number of fused-ring (bicyclic) bond motifs is 3. The van der Waals surface area contributed by atoms with E-state index in [2.05, 4.69) is 0 Å². The van der Waals surface area contributed by atoms with Crippen LogP contribution >= 0.6 is 23.1 Å². The highest BCUT2D eigenvalue weighted by molar-refractivity contribution is 7.99. The maximum Gasteiger partial charge on any atom is 0.316 e. The first-order valence-corrected chi connectivity index (χ1v) is 11.2. The molecular formula is C21H22N2O5S2. The Morgan fingerprint density at radius 1 is 1.30 bits per heavy atom. The van der Waals surface area contributed by atoms with Gasteiger partial charge in [0.25, 0.3) is 5.56 Å². The average Bonchev–Trinajstić information content (AvgIpc) is 3.08. The molecular weight excluding hydrogens is 424 g/mol. The Morgan fingerprint density at radius 2 is 2.03 bits per heavy atom. The normalized spacial score (nSPS) is 15.1. The van der Waals surface area contributed by atoms with E-state index in [0.717, 1.165) is 10.4 Å². The summed E-state index contributed by atoms with van der Waals surface area (Å²) >= 11 is 2.66. The number of benzene rings is 1. The van der Waals surface area contributed by atoms with Crippen molar-refractivity contribution in [2.75, 3.05) is 20.0 Å². The molecule has 2 aromatic heterocycles. The summed E-state index contributed by atoms with van der Waals surface area (Å²) in [5.74, 6) is 0.374. The van der Waals surface area contributed by atoms with Gasteiger partial charge in [0.2, 0.25) is 0 Å². The SMILES string of the molecule is COC(=O)CSc1nc2sc3c(c2c(=O)n1-c1ccc(OC)cc1)CC(C)(C)OC3. The fourth-order valence-electron chi connectivity index (χ4n) is 3.41. The van der Waals surface area contributed by atoms with Gasteiger partial charge in [-0.25, -0.2) is 4.98 Å². The molecule has 0 saturated heterocycles. The number of thiophene rings is 1. The molecule has 3 heterocycles. The highest BCUT2D eigenvalue weighted by atomic mass is 32.2. The second kappa shape index (κ2) is 8.05. The van der Waals surface area contributed by atoms with Crippen molar-refractivity contribution < 1.29 is 19.0 Å². The van der Waals surface area contributed by atoms with Gasteiger partial charge in [0.15, 0.2) is 5.16 Å². The van der Waals surface area contributed by atoms with Crippen molar-refractivity contribution in [3.63, 3.8) is 0 Å². The summed E-state index contributed by atoms with van der Waals surface area (Å²) in [5, 5.41) is 1.08. The number of carbonyl (C=O) groups excluding carboxylic acids is 1. The Kier molecular flexibility index (Phi) is 5.61. The third-order valence-corrected chi connectivity index (χ3v) is 6.96. The Balaban J connectivity index is 1.92. The second-order valence-electron chi connectivity index (χ2n) is 7.51. The Morgan fingerprint density at radius 3 is 2.70 bits per heavy atom. The summed E-state index contributed by atoms with van der Waals surface area (Å²) in [5.41, 5.74) is 1.19. The van der Waals surface area contributed by atoms with E-state index in [9.17, 15) is 9.59 Å². The van der Waals surface area contributed by atoms with Crippen molar-refractivity contribution in [1.82, 2.24) is 9.55 Å². The first-order valence-electron chi connectivity index (χ1n) is 9.38. The van der Waals surface area contributed by atoms with Crippen molar-refractivity contribution >= 4 is 39.3 Å². The first kappa shape index (κ1) is 20.9. The van der Waals surface area contributed by atoms with E-state index >= 15 is 0 Å². The number of esters is 1. The molecule has 0 N–H and O–H groups in total. The average molecular weight is 447 g/mol. The van der Waals surface area contributed by atoms with Crippen LogP contribution in [0, 0.1) is 0 Å². The van der Waals surface area contributed by atoms with Crippen LogP contribution < -0.4 is 10.3 Å². The molecule has 0 fully saturated rings. The summed E-state index contributed by atoms with van der Waals surface area (Å²) in [6.07, 6.45) is 0.649. The molecule has 1 aromatic carbocycles. The lowest BCUT2D eigenvalue weighted by molar-refractivity contribution is -0.137. The van der Waals surface area contributed by atoms with Crippen LogP contribution in [0.3, 0.4) is 0 Å². The first-order chi connectivity index (χ1) is 14.3. The van der Waals surface area contributed by atoms with Gasteiger partial charge >= 0.3 is 5.97 Å². The monoisotopic (exact) mass is 446 g/mol. The second-order valence-corrected chi connectivity index (χ2v) is 9.53. The fourth-order valence-corrected chi connectivity index (χ4v) is 5.40. The summed E-state index contributed by atoms with van der Waals surface area (Å²) in [4.78, 5) is 31.9. The minimum absolute atomic E-state index is 0.0613. The molecule has 1 aliphatic rings. The Bertz CT molecular complexity index is 1160. The summed E-state index contributed by atoms with van der Waals surface area (Å²) in [7, 11) is 2.93. The summed E-state index contributed by atoms with van der Waals surface area (Å²) in [6.45, 7) is 4.51. The van der Waals surface area contributed by atoms with Gasteiger partial charge < -0.3 is 14.2 Å². The fraction of sp³-hybridized carbons (Fsp3) is 0.381. The van der Waals surface area contributed by atoms with Gasteiger partial charge in [0.05, 0.1) is 43.3 Å². The van der Waals surface area contributed by atoms with Gasteiger partial charge in [-0.1, -0.05) is 11.8 Å². The number of aromatic nitrogens is 2. The topological polar surface area (TPSA) is 79.7 Å². The molecule has 7 nitrogen and oxygen atoms in total. The number of ether oxygens (including phenoxy) is 3. The maximum absolute atomic E-state index is 13.7. The number of nitrogens with zero attached hydrogens (tertiary/aromatic N) is 2. The van der Waals surface area contributed by atoms with Crippen LogP contribution in [-0.4, -0.2) is 41.1 Å². The van der Waals surface area contributed by atoms with Gasteiger partial charge in [-0.05, 0) is 43.7 Å². The largest absolute Gasteiger partial charge is 0.497 e. The molecule has 30 heavy (non-hydrogen) atoms. The number of hydrogen-bond acceptors (Lipinski definition) is 8. The quantitative estimate of drug-likeness (QED) is 0.337. The van der Waals surface area contributed by atoms with Gasteiger partial charge in [-0.2, -0.15) is 0 Å². The molecule has 0 spiro atoms. The van der Waals surface area contributed by atoms with Gasteiger partial charge in [0.1, 0.15) is 10.6 Å². The van der Waals surface area contributed by atoms with Crippen LogP contribution in [0.25, 0.3) is 15.9 Å². The Labute approximate surface area is 182 Å². The van der Waals surface area contributed by atoms with Crippen molar-refractivity contribution in [3.05, 3.63) is 45.1 Å². The van der Waals surface area contributed by atoms with Crippen molar-refractivity contribution in [3.8, 4) is 11.4 Å². The molecule has 3 aromatic rings. The lowest BCUT2D eigenvalue weighted by atomic mass is 9.94. The van der Waals surface area contributed by atoms with Gasteiger partial charge in [-0.15, -0.1) is 11.3 Å². The van der Waals surface area contributed by atoms with Crippen molar-refractivity contribution in [1.29, 1.82) is 0 Å². The van der Waals surface area contributed by atoms with Crippen LogP contribution in [0.2, 0.25) is 0 Å². The predicted molar refractivity (Wildman–Crippen MR) is 117 cm³/mol. The number of hydrogen-bond donors (Lipinski definition) is 0. The van der Waals surface area contributed by atoms with E-state index in [-0.39, 0.29) is 22.9 Å². The standard InChI is InChI=1S/C21H22N2O5S2/c1-21(2)9-14-15(10-28-21)30-18-17(14)19(25)23(12-5-7-13(26-3)8-6-12)20(22-18)29-11-16(24)27-4/h5-8H,9-11H2,1-4H3. The molecule has 0 bridgehead atoms. The number of rotatable bonds is 5. The molecule has 0 amide bonds. The zero-order chi connectivity index (χ0) is 21.5. The van der Waals surface area contributed by atoms with E-state index in [1.807, 2.05) is 26.0 Å². The predicted octanol–water partition coefficient (Wildman–Crippen LogP) is 3.57. The molecule has 0 aliphatic carbocycles. The molecule has 0 unspecified atom stereocenters. The molecule has 9 heteroatoms. The zero-order valence-corrected chi connectivity index (χ0v) is 18.8. The van der Waals surface area contributed by atoms with Crippen molar-refractivity contribution in [2.45, 2.75) is 37.6 Å². The third-order valence-electron chi connectivity index (χ3n) is 4.95. The number of carbonyl (C=O) groups is 1. The highest BCUT2D eigenvalue weighted by Gasteiger charge is 2.31. The molecule has 1 aliphatic heterocycles. The molecule has 0 radical (unpaired) electrons. The van der Waals surface area contributed by atoms with Crippen LogP contribution in [0.5, 0.6) is 5.75 Å². The van der Waals surface area contributed by atoms with E-state index in [1.54, 1.807) is 23.8 Å². The van der Waals surface area contributed by atoms with Crippen LogP contribution in [0.1, 0.15) is 24.3 Å². The smallest absolute Gasteiger partial charge is 0.316 e. The van der Waals surface area contributed by atoms with E-state index in [4.69, 9.17) is 19.2 Å². The van der Waals surface area contributed by atoms with Gasteiger partial charge in [0, 0.05) is 11.3 Å². The third kappa shape index (κ3) is 3.84. The minimum Gasteiger partial charge on any atom is -0.497 e. The van der Waals surface area contributed by atoms with Crippen molar-refractivity contribution in [2.24, 2.45) is 0 Å². The maximum atomic E-state index is 13.7. The summed E-state index contributed by atoms with van der Waals surface area (Å²) in [6, 6.07) is 7.20. The Hall–Kier alpha value is -2.36. The number of methoxy groups -OCH3 is 2. The van der Waals surface area contributed by atoms with Crippen LogP contribution in [0.4, 0.5) is 0 Å². The molecule has 4 rings (SSSR count). The molecule has 158 valence electrons.